The molecule has 1 unspecified atom stereocenters. The zero-order valence-electron chi connectivity index (χ0n) is 15.2. The molecule has 1 N–H and O–H groups in total. The van der Waals surface area contributed by atoms with Gasteiger partial charge < -0.3 is 5.11 Å². The molecule has 6 atom stereocenters. The standard InChI is InChI=1S/C21H30O3/c1-13(22)21(24)11-8-18-16-5-4-14-12-15(23)6-9-19(14,2)17(16)7-10-20(18,21)3/h12,16-18,24H,4-11H2,1-3H3/t16?,17-,18-,19-,20-,21-/m0/s1. The molecule has 0 aromatic rings. The van der Waals surface area contributed by atoms with Crippen molar-refractivity contribution in [2.24, 2.45) is 28.6 Å². The summed E-state index contributed by atoms with van der Waals surface area (Å²) in [5.41, 5.74) is 0.155. The summed E-state index contributed by atoms with van der Waals surface area (Å²) < 4.78 is 0. The molecule has 0 aliphatic heterocycles. The number of carbonyl (C=O) groups excluding carboxylic acids is 2. The lowest BCUT2D eigenvalue weighted by Crippen LogP contribution is -2.57. The summed E-state index contributed by atoms with van der Waals surface area (Å²) in [6.07, 6.45) is 9.37. The van der Waals surface area contributed by atoms with Gasteiger partial charge in [-0.05, 0) is 81.1 Å². The number of hydrogen-bond acceptors (Lipinski definition) is 3. The van der Waals surface area contributed by atoms with Crippen LogP contribution in [0, 0.1) is 28.6 Å². The molecule has 0 amide bonds. The molecule has 132 valence electrons. The van der Waals surface area contributed by atoms with Crippen molar-refractivity contribution in [3.63, 3.8) is 0 Å². The van der Waals surface area contributed by atoms with E-state index in [-0.39, 0.29) is 16.6 Å². The lowest BCUT2D eigenvalue weighted by atomic mass is 9.46. The van der Waals surface area contributed by atoms with Crippen molar-refractivity contribution in [1.29, 1.82) is 0 Å². The second-order valence-electron chi connectivity index (χ2n) is 9.38. The molecular weight excluding hydrogens is 300 g/mol. The van der Waals surface area contributed by atoms with Gasteiger partial charge in [0.15, 0.2) is 11.6 Å². The average molecular weight is 330 g/mol. The molecule has 4 aliphatic carbocycles. The van der Waals surface area contributed by atoms with Crippen LogP contribution in [-0.2, 0) is 9.59 Å². The van der Waals surface area contributed by atoms with Crippen molar-refractivity contribution < 1.29 is 14.7 Å². The maximum Gasteiger partial charge on any atom is 0.161 e. The highest BCUT2D eigenvalue weighted by Crippen LogP contribution is 2.67. The summed E-state index contributed by atoms with van der Waals surface area (Å²) >= 11 is 0. The number of carbonyl (C=O) groups is 2. The van der Waals surface area contributed by atoms with Crippen LogP contribution in [0.15, 0.2) is 11.6 Å². The van der Waals surface area contributed by atoms with Crippen LogP contribution in [-0.4, -0.2) is 22.3 Å². The van der Waals surface area contributed by atoms with E-state index >= 15 is 0 Å². The first-order valence-corrected chi connectivity index (χ1v) is 9.70. The Balaban J connectivity index is 1.70. The molecule has 0 radical (unpaired) electrons. The maximum atomic E-state index is 12.2. The molecule has 0 spiro atoms. The topological polar surface area (TPSA) is 54.4 Å². The highest BCUT2D eigenvalue weighted by Gasteiger charge is 2.65. The summed E-state index contributed by atoms with van der Waals surface area (Å²) in [4.78, 5) is 24.1. The van der Waals surface area contributed by atoms with Crippen LogP contribution in [0.25, 0.3) is 0 Å². The molecule has 24 heavy (non-hydrogen) atoms. The summed E-state index contributed by atoms with van der Waals surface area (Å²) in [6, 6.07) is 0. The molecule has 3 fully saturated rings. The summed E-state index contributed by atoms with van der Waals surface area (Å²) in [5.74, 6) is 1.90. The quantitative estimate of drug-likeness (QED) is 0.795. The van der Waals surface area contributed by atoms with Gasteiger partial charge in [-0.2, -0.15) is 0 Å². The van der Waals surface area contributed by atoms with E-state index in [2.05, 4.69) is 13.8 Å². The predicted molar refractivity (Wildman–Crippen MR) is 92.3 cm³/mol. The predicted octanol–water partition coefficient (Wildman–Crippen LogP) is 3.84. The zero-order valence-corrected chi connectivity index (χ0v) is 15.2. The van der Waals surface area contributed by atoms with Crippen LogP contribution < -0.4 is 0 Å². The first-order chi connectivity index (χ1) is 11.2. The number of Topliss-reactive ketones (excluding diaryl/α,β-unsaturated/α-hetero) is 1. The van der Waals surface area contributed by atoms with Gasteiger partial charge in [0, 0.05) is 11.8 Å². The van der Waals surface area contributed by atoms with Crippen molar-refractivity contribution in [2.75, 3.05) is 0 Å². The normalized spacial score (nSPS) is 50.6. The van der Waals surface area contributed by atoms with E-state index in [1.807, 2.05) is 6.08 Å². The van der Waals surface area contributed by atoms with E-state index in [1.54, 1.807) is 6.92 Å². The van der Waals surface area contributed by atoms with Crippen LogP contribution >= 0.6 is 0 Å². The molecule has 0 bridgehead atoms. The SMILES string of the molecule is CC(=O)[C@@]1(O)CC[C@H]2C3CCC4=CC(=O)CC[C@]4(C)[C@H]3CC[C@@]21C. The number of allylic oxidation sites excluding steroid dienone is 1. The highest BCUT2D eigenvalue weighted by molar-refractivity contribution is 5.91. The van der Waals surface area contributed by atoms with Gasteiger partial charge in [-0.15, -0.1) is 0 Å². The molecular formula is C21H30O3. The third-order valence-electron chi connectivity index (χ3n) is 8.70. The van der Waals surface area contributed by atoms with Crippen molar-refractivity contribution in [1.82, 2.24) is 0 Å². The van der Waals surface area contributed by atoms with Crippen molar-refractivity contribution in [3.8, 4) is 0 Å². The third kappa shape index (κ3) is 1.88. The molecule has 3 saturated carbocycles. The van der Waals surface area contributed by atoms with Crippen LogP contribution in [0.4, 0.5) is 0 Å². The van der Waals surface area contributed by atoms with E-state index in [0.29, 0.717) is 36.4 Å². The van der Waals surface area contributed by atoms with Gasteiger partial charge in [-0.1, -0.05) is 19.4 Å². The fraction of sp³-hybridized carbons (Fsp3) is 0.810. The fourth-order valence-electron chi connectivity index (χ4n) is 7.15. The van der Waals surface area contributed by atoms with Crippen molar-refractivity contribution >= 4 is 11.6 Å². The summed E-state index contributed by atoms with van der Waals surface area (Å²) in [7, 11) is 0. The average Bonchev–Trinajstić information content (AvgIpc) is 2.81. The Morgan fingerprint density at radius 1 is 1.08 bits per heavy atom. The van der Waals surface area contributed by atoms with E-state index < -0.39 is 5.60 Å². The zero-order chi connectivity index (χ0) is 17.3. The number of fused-ring (bicyclic) bond motifs is 5. The van der Waals surface area contributed by atoms with Crippen molar-refractivity contribution in [3.05, 3.63) is 11.6 Å². The third-order valence-corrected chi connectivity index (χ3v) is 8.70. The molecule has 4 aliphatic rings. The Kier molecular flexibility index (Phi) is 3.46. The van der Waals surface area contributed by atoms with Crippen LogP contribution in [0.1, 0.15) is 72.1 Å². The van der Waals surface area contributed by atoms with Gasteiger partial charge in [0.1, 0.15) is 5.60 Å². The molecule has 0 aromatic heterocycles. The first-order valence-electron chi connectivity index (χ1n) is 9.70. The Morgan fingerprint density at radius 2 is 1.79 bits per heavy atom. The molecule has 0 heterocycles. The smallest absolute Gasteiger partial charge is 0.161 e. The summed E-state index contributed by atoms with van der Waals surface area (Å²) in [5, 5.41) is 11.1. The van der Waals surface area contributed by atoms with E-state index in [9.17, 15) is 14.7 Å². The van der Waals surface area contributed by atoms with Gasteiger partial charge in [-0.25, -0.2) is 0 Å². The minimum atomic E-state index is -1.12. The number of hydrogen-bond donors (Lipinski definition) is 1. The molecule has 0 saturated heterocycles. The lowest BCUT2D eigenvalue weighted by molar-refractivity contribution is -0.160. The minimum absolute atomic E-state index is 0.0446. The van der Waals surface area contributed by atoms with Gasteiger partial charge in [-0.3, -0.25) is 9.59 Å². The van der Waals surface area contributed by atoms with Gasteiger partial charge in [0.25, 0.3) is 0 Å². The van der Waals surface area contributed by atoms with Gasteiger partial charge >= 0.3 is 0 Å². The fourth-order valence-corrected chi connectivity index (χ4v) is 7.15. The first kappa shape index (κ1) is 16.5. The van der Waals surface area contributed by atoms with E-state index in [4.69, 9.17) is 0 Å². The Hall–Kier alpha value is -0.960. The van der Waals surface area contributed by atoms with E-state index in [0.717, 1.165) is 38.5 Å². The maximum absolute atomic E-state index is 12.2. The second-order valence-corrected chi connectivity index (χ2v) is 9.38. The van der Waals surface area contributed by atoms with Gasteiger partial charge in [0.05, 0.1) is 0 Å². The minimum Gasteiger partial charge on any atom is -0.382 e. The van der Waals surface area contributed by atoms with Crippen LogP contribution in [0.5, 0.6) is 0 Å². The molecule has 3 heteroatoms. The monoisotopic (exact) mass is 330 g/mol. The Labute approximate surface area is 144 Å². The lowest BCUT2D eigenvalue weighted by Gasteiger charge is -2.58. The second kappa shape index (κ2) is 5.03. The van der Waals surface area contributed by atoms with E-state index in [1.165, 1.54) is 5.57 Å². The number of aliphatic hydroxyl groups is 1. The highest BCUT2D eigenvalue weighted by atomic mass is 16.3. The molecule has 3 nitrogen and oxygen atoms in total. The van der Waals surface area contributed by atoms with Gasteiger partial charge in [0.2, 0.25) is 0 Å². The Morgan fingerprint density at radius 3 is 2.50 bits per heavy atom. The number of rotatable bonds is 1. The Bertz CT molecular complexity index is 635. The van der Waals surface area contributed by atoms with Crippen LogP contribution in [0.2, 0.25) is 0 Å². The largest absolute Gasteiger partial charge is 0.382 e. The molecule has 4 rings (SSSR count). The molecule has 0 aromatic carbocycles. The number of ketones is 2. The summed E-state index contributed by atoms with van der Waals surface area (Å²) in [6.45, 7) is 6.10. The van der Waals surface area contributed by atoms with Crippen LogP contribution in [0.3, 0.4) is 0 Å². The van der Waals surface area contributed by atoms with Crippen molar-refractivity contribution in [2.45, 2.75) is 77.7 Å².